The molecule has 0 bridgehead atoms. The summed E-state index contributed by atoms with van der Waals surface area (Å²) in [4.78, 5) is 30.2. The van der Waals surface area contributed by atoms with E-state index in [-0.39, 0.29) is 5.82 Å². The molecule has 1 aromatic heterocycles. The molecule has 0 unspecified atom stereocenters. The number of rotatable bonds is 5. The Morgan fingerprint density at radius 1 is 1.03 bits per heavy atom. The second kappa shape index (κ2) is 8.62. The molecule has 4 rings (SSSR count). The zero-order chi connectivity index (χ0) is 21.8. The third-order valence-electron chi connectivity index (χ3n) is 4.65. The lowest BCUT2D eigenvalue weighted by molar-refractivity contribution is -0.112. The highest BCUT2D eigenvalue weighted by Gasteiger charge is 2.14. The summed E-state index contributed by atoms with van der Waals surface area (Å²) in [5, 5.41) is 0.349. The van der Waals surface area contributed by atoms with Gasteiger partial charge in [-0.2, -0.15) is 4.68 Å². The molecule has 3 aromatic carbocycles. The molecule has 0 saturated carbocycles. The molecule has 0 aliphatic carbocycles. The van der Waals surface area contributed by atoms with Crippen molar-refractivity contribution in [3.63, 3.8) is 0 Å². The van der Waals surface area contributed by atoms with Crippen LogP contribution in [0.5, 0.6) is 5.75 Å². The van der Waals surface area contributed by atoms with Crippen LogP contribution < -0.4 is 15.7 Å². The molecule has 1 heterocycles. The Labute approximate surface area is 177 Å². The first-order valence-electron chi connectivity index (χ1n) is 9.46. The zero-order valence-corrected chi connectivity index (χ0v) is 16.6. The van der Waals surface area contributed by atoms with E-state index < -0.39 is 17.3 Å². The fourth-order valence-electron chi connectivity index (χ4n) is 3.15. The number of hydrogen-bond acceptors (Lipinski definition) is 4. The van der Waals surface area contributed by atoms with Crippen LogP contribution in [0.2, 0.25) is 0 Å². The van der Waals surface area contributed by atoms with Crippen LogP contribution in [0.15, 0.2) is 83.7 Å². The van der Waals surface area contributed by atoms with Crippen LogP contribution in [0.25, 0.3) is 28.4 Å². The summed E-state index contributed by atoms with van der Waals surface area (Å²) in [7, 11) is 1.54. The van der Waals surface area contributed by atoms with Crippen LogP contribution in [-0.4, -0.2) is 22.7 Å². The number of carbonyl (C=O) groups excluding carboxylic acids is 1. The molecular formula is C24H18FN3O3. The monoisotopic (exact) mass is 415 g/mol. The first kappa shape index (κ1) is 20.0. The third-order valence-corrected chi connectivity index (χ3v) is 4.65. The van der Waals surface area contributed by atoms with Crippen LogP contribution in [0, 0.1) is 5.82 Å². The van der Waals surface area contributed by atoms with Crippen LogP contribution >= 0.6 is 0 Å². The van der Waals surface area contributed by atoms with Gasteiger partial charge in [0.2, 0.25) is 0 Å². The standard InChI is InChI=1S/C24H18FN3O3/c1-31-21-9-5-2-6-16(21)12-15-22(29)27-28-23(17-10-13-18(25)14-11-17)26-20-8-4-3-7-19(20)24(28)30/h2-15H,1H3,(H,27,29). The number of methoxy groups -OCH3 is 1. The van der Waals surface area contributed by atoms with E-state index in [1.807, 2.05) is 12.1 Å². The predicted octanol–water partition coefficient (Wildman–Crippen LogP) is 3.99. The van der Waals surface area contributed by atoms with Crippen LogP contribution in [0.1, 0.15) is 5.56 Å². The number of carbonyl (C=O) groups is 1. The fourth-order valence-corrected chi connectivity index (χ4v) is 3.15. The Hall–Kier alpha value is -4.26. The van der Waals surface area contributed by atoms with E-state index in [4.69, 9.17) is 4.74 Å². The van der Waals surface area contributed by atoms with E-state index in [1.54, 1.807) is 49.6 Å². The van der Waals surface area contributed by atoms with Gasteiger partial charge in [-0.15, -0.1) is 0 Å². The van der Waals surface area contributed by atoms with Gasteiger partial charge in [0.15, 0.2) is 5.82 Å². The second-order valence-electron chi connectivity index (χ2n) is 6.65. The fraction of sp³-hybridized carbons (Fsp3) is 0.0417. The van der Waals surface area contributed by atoms with E-state index in [9.17, 15) is 14.0 Å². The first-order valence-corrected chi connectivity index (χ1v) is 9.46. The number of aromatic nitrogens is 2. The Morgan fingerprint density at radius 3 is 2.52 bits per heavy atom. The molecule has 7 heteroatoms. The van der Waals surface area contributed by atoms with Crippen molar-refractivity contribution in [2.75, 3.05) is 12.5 Å². The average Bonchev–Trinajstić information content (AvgIpc) is 2.80. The van der Waals surface area contributed by atoms with Gasteiger partial charge < -0.3 is 4.74 Å². The van der Waals surface area contributed by atoms with Crippen molar-refractivity contribution >= 4 is 22.9 Å². The maximum Gasteiger partial charge on any atom is 0.280 e. The van der Waals surface area contributed by atoms with Gasteiger partial charge in [-0.1, -0.05) is 30.3 Å². The van der Waals surface area contributed by atoms with Gasteiger partial charge in [-0.05, 0) is 48.5 Å². The number of ether oxygens (including phenoxy) is 1. The lowest BCUT2D eigenvalue weighted by Gasteiger charge is -2.13. The molecule has 0 fully saturated rings. The van der Waals surface area contributed by atoms with Crippen LogP contribution in [0.4, 0.5) is 4.39 Å². The Balaban J connectivity index is 1.75. The summed E-state index contributed by atoms with van der Waals surface area (Å²) in [5.41, 5.74) is 3.80. The molecule has 4 aromatic rings. The van der Waals surface area contributed by atoms with Gasteiger partial charge in [-0.25, -0.2) is 9.37 Å². The number of halogens is 1. The number of hydrogen-bond donors (Lipinski definition) is 1. The van der Waals surface area contributed by atoms with Gasteiger partial charge in [0.25, 0.3) is 11.5 Å². The van der Waals surface area contributed by atoms with Gasteiger partial charge in [0, 0.05) is 17.2 Å². The molecular weight excluding hydrogens is 397 g/mol. The summed E-state index contributed by atoms with van der Waals surface area (Å²) in [6, 6.07) is 19.6. The maximum atomic E-state index is 13.4. The molecule has 0 atom stereocenters. The zero-order valence-electron chi connectivity index (χ0n) is 16.6. The van der Waals surface area contributed by atoms with Gasteiger partial charge >= 0.3 is 0 Å². The summed E-state index contributed by atoms with van der Waals surface area (Å²) in [5.74, 6) is -0.138. The number of amides is 1. The summed E-state index contributed by atoms with van der Waals surface area (Å²) in [6.45, 7) is 0. The van der Waals surface area contributed by atoms with E-state index in [0.717, 1.165) is 4.68 Å². The minimum atomic E-state index is -0.534. The molecule has 31 heavy (non-hydrogen) atoms. The maximum absolute atomic E-state index is 13.4. The molecule has 6 nitrogen and oxygen atoms in total. The highest BCUT2D eigenvalue weighted by Crippen LogP contribution is 2.20. The van der Waals surface area contributed by atoms with Crippen LogP contribution in [0.3, 0.4) is 0 Å². The topological polar surface area (TPSA) is 73.2 Å². The summed E-state index contributed by atoms with van der Waals surface area (Å²) in [6.07, 6.45) is 2.89. The van der Waals surface area contributed by atoms with Crippen LogP contribution in [-0.2, 0) is 4.79 Å². The lowest BCUT2D eigenvalue weighted by atomic mass is 10.2. The normalized spacial score (nSPS) is 11.0. The number of benzene rings is 3. The van der Waals surface area contributed by atoms with E-state index in [1.165, 1.54) is 30.3 Å². The van der Waals surface area contributed by atoms with Gasteiger partial charge in [0.05, 0.1) is 18.0 Å². The minimum absolute atomic E-state index is 0.197. The first-order chi connectivity index (χ1) is 15.1. The molecule has 1 N–H and O–H groups in total. The van der Waals surface area contributed by atoms with Crippen molar-refractivity contribution in [1.29, 1.82) is 0 Å². The predicted molar refractivity (Wildman–Crippen MR) is 118 cm³/mol. The van der Waals surface area contributed by atoms with Gasteiger partial charge in [-0.3, -0.25) is 15.0 Å². The number of para-hydroxylation sites is 2. The SMILES string of the molecule is COc1ccccc1C=CC(=O)Nn1c(-c2ccc(F)cc2)nc2ccccc2c1=O. The molecule has 0 saturated heterocycles. The molecule has 154 valence electrons. The minimum Gasteiger partial charge on any atom is -0.496 e. The Bertz CT molecular complexity index is 1340. The third kappa shape index (κ3) is 4.20. The van der Waals surface area contributed by atoms with Crippen molar-refractivity contribution in [2.45, 2.75) is 0 Å². The quantitative estimate of drug-likeness (QED) is 0.500. The lowest BCUT2D eigenvalue weighted by Crippen LogP contribution is -2.34. The largest absolute Gasteiger partial charge is 0.496 e. The van der Waals surface area contributed by atoms with E-state index in [0.29, 0.717) is 27.8 Å². The highest BCUT2D eigenvalue weighted by molar-refractivity contribution is 5.98. The molecule has 1 amide bonds. The van der Waals surface area contributed by atoms with Gasteiger partial charge in [0.1, 0.15) is 11.6 Å². The second-order valence-corrected chi connectivity index (χ2v) is 6.65. The molecule has 0 aliphatic rings. The molecule has 0 spiro atoms. The van der Waals surface area contributed by atoms with Crippen molar-refractivity contribution in [3.05, 3.63) is 101 Å². The summed E-state index contributed by atoms with van der Waals surface area (Å²) >= 11 is 0. The van der Waals surface area contributed by atoms with Crippen molar-refractivity contribution in [2.24, 2.45) is 0 Å². The Kier molecular flexibility index (Phi) is 5.57. The highest BCUT2D eigenvalue weighted by atomic mass is 19.1. The smallest absolute Gasteiger partial charge is 0.280 e. The number of nitrogens with zero attached hydrogens (tertiary/aromatic N) is 2. The number of fused-ring (bicyclic) bond motifs is 1. The van der Waals surface area contributed by atoms with Crippen molar-refractivity contribution < 1.29 is 13.9 Å². The van der Waals surface area contributed by atoms with Crippen molar-refractivity contribution in [3.8, 4) is 17.1 Å². The van der Waals surface area contributed by atoms with E-state index >= 15 is 0 Å². The van der Waals surface area contributed by atoms with Crippen molar-refractivity contribution in [1.82, 2.24) is 9.66 Å². The average molecular weight is 415 g/mol. The molecule has 0 radical (unpaired) electrons. The summed E-state index contributed by atoms with van der Waals surface area (Å²) < 4.78 is 19.7. The number of nitrogens with one attached hydrogen (secondary N) is 1. The Morgan fingerprint density at radius 2 is 1.74 bits per heavy atom. The molecule has 0 aliphatic heterocycles. The van der Waals surface area contributed by atoms with E-state index in [2.05, 4.69) is 10.4 Å².